The van der Waals surface area contributed by atoms with E-state index in [1.54, 1.807) is 54.6 Å². The molecule has 3 rings (SSSR count). The molecule has 0 saturated heterocycles. The fraction of sp³-hybridized carbons (Fsp3) is 0.0455. The van der Waals surface area contributed by atoms with E-state index in [4.69, 9.17) is 8.92 Å². The molecule has 0 aliphatic heterocycles. The van der Waals surface area contributed by atoms with Crippen molar-refractivity contribution in [3.63, 3.8) is 0 Å². The summed E-state index contributed by atoms with van der Waals surface area (Å²) in [5.74, 6) is 0.671. The van der Waals surface area contributed by atoms with Crippen LogP contribution < -0.4 is 8.92 Å². The fourth-order valence-corrected chi connectivity index (χ4v) is 3.35. The van der Waals surface area contributed by atoms with Crippen LogP contribution in [0.5, 0.6) is 11.5 Å². The summed E-state index contributed by atoms with van der Waals surface area (Å²) in [6.07, 6.45) is 3.09. The number of benzene rings is 3. The Hall–Kier alpha value is -3.38. The number of allylic oxidation sites excluding steroid dienone is 1. The van der Waals surface area contributed by atoms with Gasteiger partial charge in [0.05, 0.1) is 7.11 Å². The minimum Gasteiger partial charge on any atom is -0.497 e. The lowest BCUT2D eigenvalue weighted by Gasteiger charge is -2.08. The quantitative estimate of drug-likeness (QED) is 0.338. The number of carbonyl (C=O) groups is 1. The zero-order valence-electron chi connectivity index (χ0n) is 15.1. The molecular formula is C22H18O5S. The van der Waals surface area contributed by atoms with Crippen LogP contribution in [0.2, 0.25) is 0 Å². The van der Waals surface area contributed by atoms with Crippen molar-refractivity contribution in [2.24, 2.45) is 0 Å². The van der Waals surface area contributed by atoms with Crippen molar-refractivity contribution in [2.75, 3.05) is 7.11 Å². The molecular weight excluding hydrogens is 376 g/mol. The molecule has 0 N–H and O–H groups in total. The predicted octanol–water partition coefficient (Wildman–Crippen LogP) is 4.36. The highest BCUT2D eigenvalue weighted by Crippen LogP contribution is 2.22. The van der Waals surface area contributed by atoms with Crippen LogP contribution >= 0.6 is 0 Å². The number of ether oxygens (including phenoxy) is 1. The van der Waals surface area contributed by atoms with Gasteiger partial charge in [0.2, 0.25) is 0 Å². The Morgan fingerprint density at radius 2 is 1.43 bits per heavy atom. The van der Waals surface area contributed by atoms with Gasteiger partial charge in [0, 0.05) is 5.56 Å². The largest absolute Gasteiger partial charge is 0.497 e. The van der Waals surface area contributed by atoms with Gasteiger partial charge >= 0.3 is 10.1 Å². The van der Waals surface area contributed by atoms with Crippen molar-refractivity contribution in [1.82, 2.24) is 0 Å². The smallest absolute Gasteiger partial charge is 0.339 e. The van der Waals surface area contributed by atoms with Crippen LogP contribution in [-0.4, -0.2) is 21.3 Å². The van der Waals surface area contributed by atoms with E-state index in [2.05, 4.69) is 0 Å². The maximum atomic E-state index is 12.4. The van der Waals surface area contributed by atoms with Crippen LogP contribution in [0, 0.1) is 0 Å². The standard InChI is InChI=1S/C22H18O5S/c1-26-19-10-12-20(13-11-19)27-28(24,25)21-14-7-17(8-15-21)9-16-22(23)18-5-3-2-4-6-18/h2-16H,1H3/b16-9+. The van der Waals surface area contributed by atoms with Gasteiger partial charge in [-0.05, 0) is 48.0 Å². The van der Waals surface area contributed by atoms with Crippen molar-refractivity contribution in [1.29, 1.82) is 0 Å². The van der Waals surface area contributed by atoms with Gasteiger partial charge in [-0.2, -0.15) is 8.42 Å². The molecule has 142 valence electrons. The highest BCUT2D eigenvalue weighted by atomic mass is 32.2. The average molecular weight is 394 g/mol. The zero-order chi connectivity index (χ0) is 20.0. The normalized spacial score (nSPS) is 11.3. The number of hydrogen-bond acceptors (Lipinski definition) is 5. The molecule has 6 heteroatoms. The molecule has 5 nitrogen and oxygen atoms in total. The van der Waals surface area contributed by atoms with Gasteiger partial charge in [-0.1, -0.05) is 48.5 Å². The Morgan fingerprint density at radius 1 is 0.821 bits per heavy atom. The Kier molecular flexibility index (Phi) is 5.91. The third kappa shape index (κ3) is 4.86. The summed E-state index contributed by atoms with van der Waals surface area (Å²) in [7, 11) is -2.43. The van der Waals surface area contributed by atoms with E-state index in [0.717, 1.165) is 0 Å². The maximum Gasteiger partial charge on any atom is 0.339 e. The van der Waals surface area contributed by atoms with Crippen LogP contribution in [0.15, 0.2) is 89.8 Å². The second kappa shape index (κ2) is 8.54. The fourth-order valence-electron chi connectivity index (χ4n) is 2.42. The Morgan fingerprint density at radius 3 is 2.04 bits per heavy atom. The molecule has 0 bridgehead atoms. The molecule has 3 aromatic carbocycles. The number of carbonyl (C=O) groups excluding carboxylic acids is 1. The van der Waals surface area contributed by atoms with E-state index < -0.39 is 10.1 Å². The zero-order valence-corrected chi connectivity index (χ0v) is 15.9. The Labute approximate surface area is 164 Å². The molecule has 0 unspecified atom stereocenters. The number of hydrogen-bond donors (Lipinski definition) is 0. The lowest BCUT2D eigenvalue weighted by atomic mass is 10.1. The van der Waals surface area contributed by atoms with Crippen molar-refractivity contribution in [3.05, 3.63) is 96.1 Å². The van der Waals surface area contributed by atoms with E-state index >= 15 is 0 Å². The topological polar surface area (TPSA) is 69.7 Å². The monoisotopic (exact) mass is 394 g/mol. The third-order valence-electron chi connectivity index (χ3n) is 3.92. The van der Waals surface area contributed by atoms with Crippen LogP contribution in [0.4, 0.5) is 0 Å². The first-order valence-electron chi connectivity index (χ1n) is 8.44. The average Bonchev–Trinajstić information content (AvgIpc) is 2.73. The van der Waals surface area contributed by atoms with Crippen molar-refractivity contribution >= 4 is 22.0 Å². The van der Waals surface area contributed by atoms with Crippen LogP contribution in [0.25, 0.3) is 6.08 Å². The first-order valence-corrected chi connectivity index (χ1v) is 9.85. The molecule has 0 aliphatic rings. The molecule has 0 aromatic heterocycles. The summed E-state index contributed by atoms with van der Waals surface area (Å²) in [4.78, 5) is 12.1. The molecule has 0 atom stereocenters. The van der Waals surface area contributed by atoms with Gasteiger partial charge in [-0.25, -0.2) is 0 Å². The second-order valence-electron chi connectivity index (χ2n) is 5.85. The van der Waals surface area contributed by atoms with Crippen molar-refractivity contribution < 1.29 is 22.1 Å². The van der Waals surface area contributed by atoms with Crippen LogP contribution in [0.3, 0.4) is 0 Å². The minimum absolute atomic E-state index is 0.0230. The third-order valence-corrected chi connectivity index (χ3v) is 5.18. The first kappa shape index (κ1) is 19.4. The van der Waals surface area contributed by atoms with Crippen LogP contribution in [-0.2, 0) is 10.1 Å². The maximum absolute atomic E-state index is 12.4. The van der Waals surface area contributed by atoms with Crippen molar-refractivity contribution in [3.8, 4) is 11.5 Å². The number of ketones is 1. The molecule has 28 heavy (non-hydrogen) atoms. The Balaban J connectivity index is 1.70. The minimum atomic E-state index is -3.96. The molecule has 0 amide bonds. The molecule has 3 aromatic rings. The van der Waals surface area contributed by atoms with E-state index in [1.807, 2.05) is 6.07 Å². The van der Waals surface area contributed by atoms with E-state index in [1.165, 1.54) is 37.5 Å². The van der Waals surface area contributed by atoms with Gasteiger partial charge in [-0.3, -0.25) is 4.79 Å². The SMILES string of the molecule is COc1ccc(OS(=O)(=O)c2ccc(/C=C/C(=O)c3ccccc3)cc2)cc1. The summed E-state index contributed by atoms with van der Waals surface area (Å²) in [5.41, 5.74) is 1.29. The van der Waals surface area contributed by atoms with Crippen LogP contribution in [0.1, 0.15) is 15.9 Å². The second-order valence-corrected chi connectivity index (χ2v) is 7.39. The van der Waals surface area contributed by atoms with E-state index in [0.29, 0.717) is 16.9 Å². The number of methoxy groups -OCH3 is 1. The summed E-state index contributed by atoms with van der Waals surface area (Å²) < 4.78 is 34.9. The lowest BCUT2D eigenvalue weighted by Crippen LogP contribution is -2.09. The van der Waals surface area contributed by atoms with Gasteiger partial charge in [0.25, 0.3) is 0 Å². The molecule has 0 spiro atoms. The molecule has 0 aliphatic carbocycles. The van der Waals surface area contributed by atoms with Gasteiger partial charge in [-0.15, -0.1) is 0 Å². The van der Waals surface area contributed by atoms with Crippen molar-refractivity contribution in [2.45, 2.75) is 4.90 Å². The summed E-state index contributed by atoms with van der Waals surface area (Å²) >= 11 is 0. The Bertz CT molecular complexity index is 1070. The number of rotatable bonds is 7. The highest BCUT2D eigenvalue weighted by molar-refractivity contribution is 7.87. The molecule has 0 saturated carbocycles. The summed E-state index contributed by atoms with van der Waals surface area (Å²) in [6, 6.07) is 21.3. The highest BCUT2D eigenvalue weighted by Gasteiger charge is 2.16. The van der Waals surface area contributed by atoms with Gasteiger partial charge in [0.15, 0.2) is 5.78 Å². The van der Waals surface area contributed by atoms with Gasteiger partial charge < -0.3 is 8.92 Å². The van der Waals surface area contributed by atoms with E-state index in [-0.39, 0.29) is 16.4 Å². The first-order chi connectivity index (χ1) is 13.5. The van der Waals surface area contributed by atoms with Gasteiger partial charge in [0.1, 0.15) is 16.4 Å². The molecule has 0 radical (unpaired) electrons. The lowest BCUT2D eigenvalue weighted by molar-refractivity contribution is 0.104. The molecule has 0 heterocycles. The van der Waals surface area contributed by atoms with E-state index in [9.17, 15) is 13.2 Å². The summed E-state index contributed by atoms with van der Waals surface area (Å²) in [6.45, 7) is 0. The predicted molar refractivity (Wildman–Crippen MR) is 107 cm³/mol. The molecule has 0 fully saturated rings. The summed E-state index contributed by atoms with van der Waals surface area (Å²) in [5, 5.41) is 0.